The van der Waals surface area contributed by atoms with Crippen molar-refractivity contribution in [2.75, 3.05) is 52.3 Å². The number of halogens is 1. The van der Waals surface area contributed by atoms with Crippen LogP contribution >= 0.6 is 11.6 Å². The SMILES string of the molecule is CC1CCCC(CNc2ncc(C(=O)N3CCOCC3)cc2Cl)(N(C)C)C1. The number of hydrogen-bond donors (Lipinski definition) is 1. The molecule has 1 amide bonds. The van der Waals surface area contributed by atoms with Crippen LogP contribution in [0.1, 0.15) is 43.0 Å². The maximum atomic E-state index is 12.6. The number of hydrogen-bond acceptors (Lipinski definition) is 5. The molecule has 1 aromatic rings. The maximum absolute atomic E-state index is 12.6. The predicted molar refractivity (Wildman–Crippen MR) is 109 cm³/mol. The zero-order valence-corrected chi connectivity index (χ0v) is 17.4. The van der Waals surface area contributed by atoms with E-state index in [1.165, 1.54) is 19.3 Å². The number of amides is 1. The fourth-order valence-corrected chi connectivity index (χ4v) is 4.47. The average molecular weight is 395 g/mol. The van der Waals surface area contributed by atoms with Crippen molar-refractivity contribution in [1.29, 1.82) is 0 Å². The van der Waals surface area contributed by atoms with Crippen LogP contribution in [0.15, 0.2) is 12.3 Å². The Morgan fingerprint density at radius 1 is 1.44 bits per heavy atom. The molecule has 1 aromatic heterocycles. The van der Waals surface area contributed by atoms with E-state index in [-0.39, 0.29) is 11.4 Å². The third-order valence-corrected chi connectivity index (χ3v) is 6.28. The van der Waals surface area contributed by atoms with Crippen LogP contribution in [0, 0.1) is 5.92 Å². The van der Waals surface area contributed by atoms with Crippen LogP contribution in [0.2, 0.25) is 5.02 Å². The van der Waals surface area contributed by atoms with Crippen LogP contribution < -0.4 is 5.32 Å². The molecule has 3 rings (SSSR count). The summed E-state index contributed by atoms with van der Waals surface area (Å²) in [6.07, 6.45) is 6.50. The Bertz CT molecular complexity index is 663. The maximum Gasteiger partial charge on any atom is 0.255 e. The van der Waals surface area contributed by atoms with Gasteiger partial charge in [-0.05, 0) is 38.9 Å². The van der Waals surface area contributed by atoms with E-state index in [1.54, 1.807) is 17.2 Å². The minimum absolute atomic E-state index is 0.0369. The lowest BCUT2D eigenvalue weighted by Crippen LogP contribution is -2.52. The number of morpholine rings is 1. The van der Waals surface area contributed by atoms with E-state index in [2.05, 4.69) is 36.2 Å². The van der Waals surface area contributed by atoms with Gasteiger partial charge in [0.05, 0.1) is 23.8 Å². The predicted octanol–water partition coefficient (Wildman–Crippen LogP) is 3.13. The molecule has 2 fully saturated rings. The van der Waals surface area contributed by atoms with E-state index in [0.29, 0.717) is 42.7 Å². The van der Waals surface area contributed by atoms with E-state index < -0.39 is 0 Å². The van der Waals surface area contributed by atoms with Gasteiger partial charge in [-0.2, -0.15) is 0 Å². The van der Waals surface area contributed by atoms with Crippen molar-refractivity contribution in [2.24, 2.45) is 5.92 Å². The highest BCUT2D eigenvalue weighted by molar-refractivity contribution is 6.33. The molecule has 2 aliphatic rings. The Labute approximate surface area is 167 Å². The summed E-state index contributed by atoms with van der Waals surface area (Å²) in [6, 6.07) is 1.72. The Hall–Kier alpha value is -1.37. The van der Waals surface area contributed by atoms with E-state index in [0.717, 1.165) is 18.9 Å². The van der Waals surface area contributed by atoms with E-state index in [9.17, 15) is 4.79 Å². The second-order valence-corrected chi connectivity index (χ2v) is 8.54. The van der Waals surface area contributed by atoms with Crippen LogP contribution in [0.25, 0.3) is 0 Å². The molecular weight excluding hydrogens is 364 g/mol. The van der Waals surface area contributed by atoms with Gasteiger partial charge in [-0.15, -0.1) is 0 Å². The average Bonchev–Trinajstić information content (AvgIpc) is 2.67. The number of carbonyl (C=O) groups is 1. The monoisotopic (exact) mass is 394 g/mol. The highest BCUT2D eigenvalue weighted by Gasteiger charge is 2.37. The van der Waals surface area contributed by atoms with Gasteiger partial charge in [0.2, 0.25) is 0 Å². The lowest BCUT2D eigenvalue weighted by atomic mass is 9.75. The molecule has 0 spiro atoms. The number of ether oxygens (including phenoxy) is 1. The molecule has 1 saturated heterocycles. The van der Waals surface area contributed by atoms with E-state index in [1.807, 2.05) is 0 Å². The molecule has 1 saturated carbocycles. The molecule has 6 nitrogen and oxygen atoms in total. The summed E-state index contributed by atoms with van der Waals surface area (Å²) in [5.74, 6) is 1.33. The summed E-state index contributed by atoms with van der Waals surface area (Å²) < 4.78 is 5.30. The summed E-state index contributed by atoms with van der Waals surface area (Å²) >= 11 is 6.45. The smallest absolute Gasteiger partial charge is 0.255 e. The van der Waals surface area contributed by atoms with Crippen molar-refractivity contribution in [3.05, 3.63) is 22.8 Å². The molecule has 0 aromatic carbocycles. The third kappa shape index (κ3) is 4.73. The van der Waals surface area contributed by atoms with Gasteiger partial charge in [0.15, 0.2) is 0 Å². The number of rotatable bonds is 5. The van der Waals surface area contributed by atoms with Crippen LogP contribution in [0.5, 0.6) is 0 Å². The first-order valence-corrected chi connectivity index (χ1v) is 10.2. The number of anilines is 1. The molecule has 2 heterocycles. The normalized spacial score (nSPS) is 26.3. The van der Waals surface area contributed by atoms with Gasteiger partial charge in [0.25, 0.3) is 5.91 Å². The van der Waals surface area contributed by atoms with Gasteiger partial charge in [-0.25, -0.2) is 4.98 Å². The number of pyridine rings is 1. The van der Waals surface area contributed by atoms with E-state index >= 15 is 0 Å². The highest BCUT2D eigenvalue weighted by atomic mass is 35.5. The first-order valence-electron chi connectivity index (χ1n) is 9.85. The van der Waals surface area contributed by atoms with Crippen molar-refractivity contribution >= 4 is 23.3 Å². The Morgan fingerprint density at radius 2 is 2.19 bits per heavy atom. The van der Waals surface area contributed by atoms with Crippen molar-refractivity contribution in [1.82, 2.24) is 14.8 Å². The van der Waals surface area contributed by atoms with Gasteiger partial charge in [0.1, 0.15) is 5.82 Å². The summed E-state index contributed by atoms with van der Waals surface area (Å²) in [4.78, 5) is 21.2. The largest absolute Gasteiger partial charge is 0.378 e. The van der Waals surface area contributed by atoms with Crippen molar-refractivity contribution in [3.8, 4) is 0 Å². The summed E-state index contributed by atoms with van der Waals surface area (Å²) in [5, 5.41) is 3.93. The standard InChI is InChI=1S/C20H31ClN4O2/c1-15-5-4-6-20(12-15,24(2)3)14-23-18-17(21)11-16(13-22-18)19(26)25-7-9-27-10-8-25/h11,13,15H,4-10,12,14H2,1-3H3,(H,22,23). The van der Waals surface area contributed by atoms with Gasteiger partial charge in [-0.3, -0.25) is 4.79 Å². The minimum atomic E-state index is -0.0369. The van der Waals surface area contributed by atoms with Gasteiger partial charge in [-0.1, -0.05) is 31.4 Å². The fourth-order valence-electron chi connectivity index (χ4n) is 4.24. The van der Waals surface area contributed by atoms with Gasteiger partial charge < -0.3 is 19.9 Å². The molecule has 0 bridgehead atoms. The van der Waals surface area contributed by atoms with Crippen molar-refractivity contribution in [2.45, 2.75) is 38.1 Å². The molecule has 2 unspecified atom stereocenters. The van der Waals surface area contributed by atoms with Crippen molar-refractivity contribution < 1.29 is 9.53 Å². The van der Waals surface area contributed by atoms with Crippen molar-refractivity contribution in [3.63, 3.8) is 0 Å². The summed E-state index contributed by atoms with van der Waals surface area (Å²) in [7, 11) is 4.30. The lowest BCUT2D eigenvalue weighted by Gasteiger charge is -2.45. The van der Waals surface area contributed by atoms with E-state index in [4.69, 9.17) is 16.3 Å². The molecule has 150 valence electrons. The van der Waals surface area contributed by atoms with Crippen LogP contribution in [-0.4, -0.2) is 73.2 Å². The summed E-state index contributed by atoms with van der Waals surface area (Å²) in [6.45, 7) is 5.51. The zero-order chi connectivity index (χ0) is 19.4. The quantitative estimate of drug-likeness (QED) is 0.831. The fraction of sp³-hybridized carbons (Fsp3) is 0.700. The molecule has 0 radical (unpaired) electrons. The summed E-state index contributed by atoms with van der Waals surface area (Å²) in [5.41, 5.74) is 0.645. The Kier molecular flexibility index (Phi) is 6.61. The molecule has 27 heavy (non-hydrogen) atoms. The first kappa shape index (κ1) is 20.4. The number of nitrogens with one attached hydrogen (secondary N) is 1. The van der Waals surface area contributed by atoms with Gasteiger partial charge in [0, 0.05) is 31.4 Å². The zero-order valence-electron chi connectivity index (χ0n) is 16.6. The molecule has 7 heteroatoms. The molecule has 1 aliphatic heterocycles. The second-order valence-electron chi connectivity index (χ2n) is 8.13. The van der Waals surface area contributed by atoms with Crippen LogP contribution in [0.3, 0.4) is 0 Å². The molecular formula is C20H31ClN4O2. The highest BCUT2D eigenvalue weighted by Crippen LogP contribution is 2.36. The molecule has 1 aliphatic carbocycles. The number of nitrogens with zero attached hydrogens (tertiary/aromatic N) is 3. The number of aromatic nitrogens is 1. The Morgan fingerprint density at radius 3 is 2.81 bits per heavy atom. The van der Waals surface area contributed by atoms with Crippen LogP contribution in [0.4, 0.5) is 5.82 Å². The number of carbonyl (C=O) groups excluding carboxylic acids is 1. The Balaban J connectivity index is 1.67. The molecule has 2 atom stereocenters. The molecule has 1 N–H and O–H groups in total. The van der Waals surface area contributed by atoms with Crippen LogP contribution in [-0.2, 0) is 4.74 Å². The topological polar surface area (TPSA) is 57.7 Å². The number of likely N-dealkylation sites (N-methyl/N-ethyl adjacent to an activating group) is 1. The minimum Gasteiger partial charge on any atom is -0.378 e. The first-order chi connectivity index (χ1) is 12.9. The lowest BCUT2D eigenvalue weighted by molar-refractivity contribution is 0.0302. The second kappa shape index (κ2) is 8.76. The third-order valence-electron chi connectivity index (χ3n) is 5.99. The van der Waals surface area contributed by atoms with Gasteiger partial charge >= 0.3 is 0 Å².